The van der Waals surface area contributed by atoms with Gasteiger partial charge in [0.15, 0.2) is 11.3 Å². The first-order chi connectivity index (χ1) is 11.6. The lowest BCUT2D eigenvalue weighted by atomic mass is 9.86. The Labute approximate surface area is 138 Å². The lowest BCUT2D eigenvalue weighted by Gasteiger charge is -2.21. The lowest BCUT2D eigenvalue weighted by Crippen LogP contribution is -2.29. The van der Waals surface area contributed by atoms with Gasteiger partial charge in [-0.05, 0) is 19.8 Å². The number of rotatable bonds is 4. The lowest BCUT2D eigenvalue weighted by molar-refractivity contribution is -0.143. The minimum absolute atomic E-state index is 0.0390. The number of fused-ring (bicyclic) bond motifs is 2. The maximum Gasteiger partial charge on any atom is 0.348 e. The van der Waals surface area contributed by atoms with Gasteiger partial charge >= 0.3 is 11.9 Å². The van der Waals surface area contributed by atoms with E-state index < -0.39 is 0 Å². The molecule has 4 atom stereocenters. The zero-order chi connectivity index (χ0) is 16.6. The number of furan rings is 2. The van der Waals surface area contributed by atoms with Crippen LogP contribution in [0.3, 0.4) is 0 Å². The molecule has 24 heavy (non-hydrogen) atoms. The summed E-state index contributed by atoms with van der Waals surface area (Å²) in [7, 11) is 0. The van der Waals surface area contributed by atoms with Crippen LogP contribution in [0.1, 0.15) is 47.7 Å². The van der Waals surface area contributed by atoms with Gasteiger partial charge in [-0.25, -0.2) is 4.79 Å². The summed E-state index contributed by atoms with van der Waals surface area (Å²) in [6.07, 6.45) is 2.48. The fourth-order valence-corrected chi connectivity index (χ4v) is 4.51. The number of carbonyl (C=O) groups excluding carboxylic acids is 2. The molecule has 2 aromatic rings. The second-order valence-corrected chi connectivity index (χ2v) is 6.99. The Morgan fingerprint density at radius 3 is 2.83 bits per heavy atom. The first-order valence-corrected chi connectivity index (χ1v) is 8.52. The predicted molar refractivity (Wildman–Crippen MR) is 82.4 cm³/mol. The van der Waals surface area contributed by atoms with Gasteiger partial charge in [0.25, 0.3) is 0 Å². The van der Waals surface area contributed by atoms with Gasteiger partial charge in [-0.15, -0.1) is 0 Å². The average Bonchev–Trinajstić information content (AvgIpc) is 3.26. The molecule has 0 spiro atoms. The quantitative estimate of drug-likeness (QED) is 0.803. The van der Waals surface area contributed by atoms with Gasteiger partial charge < -0.3 is 18.6 Å². The van der Waals surface area contributed by atoms with Gasteiger partial charge in [0.1, 0.15) is 23.4 Å². The molecule has 0 N–H and O–H groups in total. The zero-order valence-corrected chi connectivity index (χ0v) is 13.6. The van der Waals surface area contributed by atoms with E-state index in [1.54, 1.807) is 0 Å². The molecule has 2 saturated heterocycles. The van der Waals surface area contributed by atoms with E-state index >= 15 is 0 Å². The Kier molecular flexibility index (Phi) is 2.81. The molecule has 5 rings (SSSR count). The number of benzene rings is 1. The van der Waals surface area contributed by atoms with Crippen molar-refractivity contribution in [3.8, 4) is 5.75 Å². The number of aryl methyl sites for hydroxylation is 1. The third kappa shape index (κ3) is 1.69. The highest BCUT2D eigenvalue weighted by Gasteiger charge is 2.52. The molecule has 2 aromatic heterocycles. The molecule has 6 heteroatoms. The highest BCUT2D eigenvalue weighted by molar-refractivity contribution is 6.11. The standard InChI is InChI=1S/C18H18O6/c1-3-4-10-8(16-11(21-10)6-12(19)22-16)5-9-13-17-15(24-18(13)20)7(2)14(9)23-17/h8,10-11,16H,3-6H2,1-2H3. The summed E-state index contributed by atoms with van der Waals surface area (Å²) in [6, 6.07) is 0. The van der Waals surface area contributed by atoms with Crippen LogP contribution in [0.25, 0.3) is 11.2 Å². The summed E-state index contributed by atoms with van der Waals surface area (Å²) in [5.41, 5.74) is 3.61. The molecule has 2 bridgehead atoms. The largest absolute Gasteiger partial charge is 0.459 e. The Balaban J connectivity index is 1.52. The van der Waals surface area contributed by atoms with Crippen molar-refractivity contribution in [2.24, 2.45) is 5.92 Å². The SMILES string of the molecule is CCCC1OC2CC(=O)OC2C1Cc1c2c3oc1c(C)c3OC2=O. The second kappa shape index (κ2) is 4.72. The first-order valence-electron chi connectivity index (χ1n) is 8.52. The number of carbonyl (C=O) groups is 2. The van der Waals surface area contributed by atoms with Gasteiger partial charge in [-0.3, -0.25) is 4.79 Å². The minimum atomic E-state index is -0.340. The predicted octanol–water partition coefficient (Wildman–Crippen LogP) is 2.75. The number of hydrogen-bond acceptors (Lipinski definition) is 6. The van der Waals surface area contributed by atoms with E-state index in [0.29, 0.717) is 29.7 Å². The van der Waals surface area contributed by atoms with Crippen LogP contribution in [0.2, 0.25) is 0 Å². The van der Waals surface area contributed by atoms with Crippen molar-refractivity contribution in [1.82, 2.24) is 0 Å². The van der Waals surface area contributed by atoms with Crippen molar-refractivity contribution in [3.05, 3.63) is 16.7 Å². The maximum absolute atomic E-state index is 12.2. The first kappa shape index (κ1) is 14.3. The van der Waals surface area contributed by atoms with Crippen LogP contribution in [0.5, 0.6) is 5.75 Å². The average molecular weight is 330 g/mol. The summed E-state index contributed by atoms with van der Waals surface area (Å²) >= 11 is 0. The third-order valence-electron chi connectivity index (χ3n) is 5.56. The molecular formula is C18H18O6. The molecule has 5 heterocycles. The summed E-state index contributed by atoms with van der Waals surface area (Å²) in [6.45, 7) is 4.02. The molecule has 6 nitrogen and oxygen atoms in total. The Morgan fingerprint density at radius 1 is 1.21 bits per heavy atom. The van der Waals surface area contributed by atoms with Crippen LogP contribution in [0, 0.1) is 12.8 Å². The third-order valence-corrected chi connectivity index (χ3v) is 5.56. The van der Waals surface area contributed by atoms with Crippen LogP contribution in [-0.2, 0) is 20.7 Å². The van der Waals surface area contributed by atoms with Gasteiger partial charge in [0.05, 0.1) is 12.5 Å². The molecule has 2 fully saturated rings. The fourth-order valence-electron chi connectivity index (χ4n) is 4.51. The normalized spacial score (nSPS) is 31.1. The van der Waals surface area contributed by atoms with Crippen molar-refractivity contribution >= 4 is 23.1 Å². The Morgan fingerprint density at radius 2 is 2.04 bits per heavy atom. The smallest absolute Gasteiger partial charge is 0.348 e. The molecule has 3 aliphatic heterocycles. The van der Waals surface area contributed by atoms with Crippen LogP contribution < -0.4 is 4.74 Å². The minimum Gasteiger partial charge on any atom is -0.459 e. The molecule has 0 amide bonds. The van der Waals surface area contributed by atoms with Crippen LogP contribution in [0.4, 0.5) is 0 Å². The molecule has 126 valence electrons. The van der Waals surface area contributed by atoms with E-state index in [1.165, 1.54) is 0 Å². The molecule has 3 aliphatic rings. The maximum atomic E-state index is 12.2. The summed E-state index contributed by atoms with van der Waals surface area (Å²) < 4.78 is 22.7. The molecular weight excluding hydrogens is 312 g/mol. The molecule has 4 unspecified atom stereocenters. The number of ether oxygens (including phenoxy) is 3. The summed E-state index contributed by atoms with van der Waals surface area (Å²) in [4.78, 5) is 23.8. The van der Waals surface area contributed by atoms with Gasteiger partial charge in [-0.1, -0.05) is 13.3 Å². The van der Waals surface area contributed by atoms with Gasteiger partial charge in [-0.2, -0.15) is 0 Å². The number of hydrogen-bond donors (Lipinski definition) is 0. The summed E-state index contributed by atoms with van der Waals surface area (Å²) in [5.74, 6) is 0.0662. The molecule has 0 radical (unpaired) electrons. The highest BCUT2D eigenvalue weighted by Crippen LogP contribution is 2.49. The summed E-state index contributed by atoms with van der Waals surface area (Å²) in [5, 5.41) is 0. The zero-order valence-electron chi connectivity index (χ0n) is 13.6. The van der Waals surface area contributed by atoms with E-state index in [1.807, 2.05) is 6.92 Å². The van der Waals surface area contributed by atoms with Crippen LogP contribution in [-0.4, -0.2) is 30.3 Å². The van der Waals surface area contributed by atoms with Crippen molar-refractivity contribution < 1.29 is 28.2 Å². The number of esters is 2. The Hall–Kier alpha value is -2.08. The highest BCUT2D eigenvalue weighted by atomic mass is 16.6. The van der Waals surface area contributed by atoms with Crippen molar-refractivity contribution in [1.29, 1.82) is 0 Å². The van der Waals surface area contributed by atoms with E-state index in [2.05, 4.69) is 6.92 Å². The molecule has 0 aliphatic carbocycles. The van der Waals surface area contributed by atoms with E-state index in [4.69, 9.17) is 18.6 Å². The van der Waals surface area contributed by atoms with Gasteiger partial charge in [0.2, 0.25) is 0 Å². The topological polar surface area (TPSA) is 75.0 Å². The second-order valence-electron chi connectivity index (χ2n) is 6.99. The van der Waals surface area contributed by atoms with E-state index in [9.17, 15) is 9.59 Å². The molecule has 0 saturated carbocycles. The Bertz CT molecular complexity index is 849. The fraction of sp³-hybridized carbons (Fsp3) is 0.556. The monoisotopic (exact) mass is 330 g/mol. The van der Waals surface area contributed by atoms with Crippen molar-refractivity contribution in [2.75, 3.05) is 0 Å². The van der Waals surface area contributed by atoms with Crippen LogP contribution >= 0.6 is 0 Å². The van der Waals surface area contributed by atoms with Crippen molar-refractivity contribution in [2.45, 2.75) is 57.8 Å². The molecule has 0 aromatic carbocycles. The van der Waals surface area contributed by atoms with E-state index in [-0.39, 0.29) is 36.2 Å². The van der Waals surface area contributed by atoms with Gasteiger partial charge in [0, 0.05) is 17.0 Å². The van der Waals surface area contributed by atoms with E-state index in [0.717, 1.165) is 29.6 Å². The van der Waals surface area contributed by atoms with Crippen molar-refractivity contribution in [3.63, 3.8) is 0 Å². The van der Waals surface area contributed by atoms with Crippen LogP contribution in [0.15, 0.2) is 4.42 Å².